The first-order valence-electron chi connectivity index (χ1n) is 6.67. The molecule has 1 aliphatic rings. The second-order valence-electron chi connectivity index (χ2n) is 5.10. The number of hydrogen-bond donors (Lipinski definition) is 1. The van der Waals surface area contributed by atoms with E-state index in [0.717, 1.165) is 5.69 Å². The predicted octanol–water partition coefficient (Wildman–Crippen LogP) is 1.79. The lowest BCUT2D eigenvalue weighted by molar-refractivity contribution is 0.183. The van der Waals surface area contributed by atoms with Gasteiger partial charge in [-0.2, -0.15) is 5.10 Å². The van der Waals surface area contributed by atoms with Gasteiger partial charge < -0.3 is 15.0 Å². The van der Waals surface area contributed by atoms with Crippen LogP contribution in [0, 0.1) is 5.92 Å². The normalized spacial score (nSPS) is 16.2. The van der Waals surface area contributed by atoms with Crippen LogP contribution in [0.5, 0.6) is 0 Å². The van der Waals surface area contributed by atoms with Crippen LogP contribution in [0.2, 0.25) is 0 Å². The van der Waals surface area contributed by atoms with E-state index in [9.17, 15) is 4.79 Å². The molecule has 1 N–H and O–H groups in total. The number of anilines is 1. The average Bonchev–Trinajstić information content (AvgIpc) is 3.16. The molecule has 1 aliphatic carbocycles. The number of nitrogens with one attached hydrogen (secondary N) is 1. The Morgan fingerprint density at radius 2 is 2.42 bits per heavy atom. The maximum atomic E-state index is 12.1. The fourth-order valence-corrected chi connectivity index (χ4v) is 2.03. The molecule has 19 heavy (non-hydrogen) atoms. The van der Waals surface area contributed by atoms with Crippen molar-refractivity contribution in [2.75, 3.05) is 26.1 Å². The van der Waals surface area contributed by atoms with E-state index in [1.807, 2.05) is 13.2 Å². The van der Waals surface area contributed by atoms with Gasteiger partial charge in [-0.25, -0.2) is 4.79 Å². The molecule has 1 atom stereocenters. The van der Waals surface area contributed by atoms with Crippen molar-refractivity contribution < 1.29 is 9.53 Å². The SMILES string of the molecule is COCCn1cc(NC(=O)N(C)C(C)C2CC2)cn1. The number of hydrogen-bond acceptors (Lipinski definition) is 3. The lowest BCUT2D eigenvalue weighted by Crippen LogP contribution is -2.39. The van der Waals surface area contributed by atoms with Crippen LogP contribution in [0.4, 0.5) is 10.5 Å². The van der Waals surface area contributed by atoms with Crippen molar-refractivity contribution in [3.8, 4) is 0 Å². The molecular formula is C13H22N4O2. The van der Waals surface area contributed by atoms with Crippen LogP contribution in [-0.2, 0) is 11.3 Å². The molecule has 0 spiro atoms. The van der Waals surface area contributed by atoms with E-state index >= 15 is 0 Å². The first-order valence-corrected chi connectivity index (χ1v) is 6.67. The highest BCUT2D eigenvalue weighted by molar-refractivity contribution is 5.89. The maximum absolute atomic E-state index is 12.1. The predicted molar refractivity (Wildman–Crippen MR) is 73.1 cm³/mol. The number of aromatic nitrogens is 2. The van der Waals surface area contributed by atoms with Crippen molar-refractivity contribution in [3.05, 3.63) is 12.4 Å². The molecule has 1 aromatic heterocycles. The van der Waals surface area contributed by atoms with Gasteiger partial charge in [0.15, 0.2) is 0 Å². The first-order chi connectivity index (χ1) is 9.11. The minimum Gasteiger partial charge on any atom is -0.383 e. The Morgan fingerprint density at radius 1 is 1.68 bits per heavy atom. The average molecular weight is 266 g/mol. The van der Waals surface area contributed by atoms with Gasteiger partial charge in [0.05, 0.1) is 25.0 Å². The monoisotopic (exact) mass is 266 g/mol. The van der Waals surface area contributed by atoms with E-state index in [-0.39, 0.29) is 6.03 Å². The topological polar surface area (TPSA) is 59.4 Å². The van der Waals surface area contributed by atoms with Gasteiger partial charge in [-0.1, -0.05) is 0 Å². The highest BCUT2D eigenvalue weighted by Gasteiger charge is 2.32. The first kappa shape index (κ1) is 13.9. The lowest BCUT2D eigenvalue weighted by Gasteiger charge is -2.24. The number of ether oxygens (including phenoxy) is 1. The summed E-state index contributed by atoms with van der Waals surface area (Å²) in [5.74, 6) is 0.667. The van der Waals surface area contributed by atoms with Crippen LogP contribution in [0.1, 0.15) is 19.8 Å². The van der Waals surface area contributed by atoms with E-state index in [1.54, 1.807) is 22.9 Å². The van der Waals surface area contributed by atoms with Crippen LogP contribution in [-0.4, -0.2) is 47.5 Å². The number of carbonyl (C=O) groups is 1. The van der Waals surface area contributed by atoms with E-state index in [2.05, 4.69) is 17.3 Å². The summed E-state index contributed by atoms with van der Waals surface area (Å²) in [5, 5.41) is 7.03. The van der Waals surface area contributed by atoms with Gasteiger partial charge in [-0.3, -0.25) is 4.68 Å². The number of rotatable bonds is 6. The number of carbonyl (C=O) groups excluding carboxylic acids is 1. The van der Waals surface area contributed by atoms with Crippen LogP contribution in [0.15, 0.2) is 12.4 Å². The molecular weight excluding hydrogens is 244 g/mol. The van der Waals surface area contributed by atoms with Crippen LogP contribution in [0.25, 0.3) is 0 Å². The Balaban J connectivity index is 1.85. The van der Waals surface area contributed by atoms with Crippen molar-refractivity contribution in [1.82, 2.24) is 14.7 Å². The second kappa shape index (κ2) is 6.06. The second-order valence-corrected chi connectivity index (χ2v) is 5.10. The van der Waals surface area contributed by atoms with Crippen molar-refractivity contribution in [1.29, 1.82) is 0 Å². The smallest absolute Gasteiger partial charge is 0.321 e. The third-order valence-electron chi connectivity index (χ3n) is 3.64. The highest BCUT2D eigenvalue weighted by Crippen LogP contribution is 2.34. The molecule has 6 nitrogen and oxygen atoms in total. The number of nitrogens with zero attached hydrogens (tertiary/aromatic N) is 3. The van der Waals surface area contributed by atoms with Crippen molar-refractivity contribution in [3.63, 3.8) is 0 Å². The minimum atomic E-state index is -0.0781. The van der Waals surface area contributed by atoms with Gasteiger partial charge in [0.25, 0.3) is 0 Å². The van der Waals surface area contributed by atoms with Gasteiger partial charge in [-0.05, 0) is 25.7 Å². The Morgan fingerprint density at radius 3 is 3.05 bits per heavy atom. The molecule has 0 aromatic carbocycles. The Bertz CT molecular complexity index is 428. The van der Waals surface area contributed by atoms with Gasteiger partial charge in [0.2, 0.25) is 0 Å². The lowest BCUT2D eigenvalue weighted by atomic mass is 10.2. The molecule has 1 unspecified atom stereocenters. The zero-order valence-corrected chi connectivity index (χ0v) is 11.8. The molecule has 1 heterocycles. The molecule has 6 heteroatoms. The molecule has 106 valence electrons. The molecule has 2 amide bonds. The maximum Gasteiger partial charge on any atom is 0.321 e. The highest BCUT2D eigenvalue weighted by atomic mass is 16.5. The number of amides is 2. The van der Waals surface area contributed by atoms with Gasteiger partial charge in [-0.15, -0.1) is 0 Å². The molecule has 2 rings (SSSR count). The summed E-state index contributed by atoms with van der Waals surface area (Å²) < 4.78 is 6.74. The standard InChI is InChI=1S/C13H22N4O2/c1-10(11-4-5-11)16(2)13(18)15-12-8-14-17(9-12)6-7-19-3/h8-11H,4-7H2,1-3H3,(H,15,18). The summed E-state index contributed by atoms with van der Waals surface area (Å²) in [6.45, 7) is 3.38. The van der Waals surface area contributed by atoms with E-state index in [4.69, 9.17) is 4.74 Å². The quantitative estimate of drug-likeness (QED) is 0.854. The molecule has 1 fully saturated rings. The fraction of sp³-hybridized carbons (Fsp3) is 0.692. The summed E-state index contributed by atoms with van der Waals surface area (Å²) in [5.41, 5.74) is 0.718. The van der Waals surface area contributed by atoms with Crippen LogP contribution >= 0.6 is 0 Å². The van der Waals surface area contributed by atoms with Gasteiger partial charge >= 0.3 is 6.03 Å². The molecule has 0 saturated heterocycles. The minimum absolute atomic E-state index is 0.0781. The van der Waals surface area contributed by atoms with Crippen molar-refractivity contribution in [2.24, 2.45) is 5.92 Å². The van der Waals surface area contributed by atoms with E-state index in [1.165, 1.54) is 12.8 Å². The summed E-state index contributed by atoms with van der Waals surface area (Å²) in [6.07, 6.45) is 5.93. The Hall–Kier alpha value is -1.56. The summed E-state index contributed by atoms with van der Waals surface area (Å²) in [7, 11) is 3.49. The molecule has 0 radical (unpaired) electrons. The van der Waals surface area contributed by atoms with Crippen LogP contribution in [0.3, 0.4) is 0 Å². The third kappa shape index (κ3) is 3.70. The summed E-state index contributed by atoms with van der Waals surface area (Å²) in [4.78, 5) is 13.8. The molecule has 1 saturated carbocycles. The summed E-state index contributed by atoms with van der Waals surface area (Å²) >= 11 is 0. The molecule has 0 aliphatic heterocycles. The molecule has 0 bridgehead atoms. The Labute approximate surface area is 113 Å². The number of methoxy groups -OCH3 is 1. The largest absolute Gasteiger partial charge is 0.383 e. The van der Waals surface area contributed by atoms with E-state index < -0.39 is 0 Å². The zero-order valence-electron chi connectivity index (χ0n) is 11.8. The third-order valence-corrected chi connectivity index (χ3v) is 3.64. The number of urea groups is 1. The Kier molecular flexibility index (Phi) is 4.42. The van der Waals surface area contributed by atoms with Crippen molar-refractivity contribution in [2.45, 2.75) is 32.4 Å². The fourth-order valence-electron chi connectivity index (χ4n) is 2.03. The molecule has 1 aromatic rings. The van der Waals surface area contributed by atoms with Crippen molar-refractivity contribution >= 4 is 11.7 Å². The van der Waals surface area contributed by atoms with Gasteiger partial charge in [0, 0.05) is 26.4 Å². The summed E-state index contributed by atoms with van der Waals surface area (Å²) in [6, 6.07) is 0.217. The van der Waals surface area contributed by atoms with E-state index in [0.29, 0.717) is 25.1 Å². The zero-order chi connectivity index (χ0) is 13.8. The van der Waals surface area contributed by atoms with Gasteiger partial charge in [0.1, 0.15) is 0 Å². The van der Waals surface area contributed by atoms with Crippen LogP contribution < -0.4 is 5.32 Å².